The van der Waals surface area contributed by atoms with Gasteiger partial charge in [-0.3, -0.25) is 0 Å². The van der Waals surface area contributed by atoms with Crippen LogP contribution in [0.5, 0.6) is 11.5 Å². The van der Waals surface area contributed by atoms with E-state index in [0.29, 0.717) is 6.20 Å². The first kappa shape index (κ1) is 19.5. The molecule has 1 N–H and O–H groups in total. The van der Waals surface area contributed by atoms with Crippen molar-refractivity contribution in [2.45, 2.75) is 24.2 Å². The summed E-state index contributed by atoms with van der Waals surface area (Å²) in [5.74, 6) is -4.01. The van der Waals surface area contributed by atoms with Crippen molar-refractivity contribution in [1.82, 2.24) is 4.98 Å². The third-order valence-corrected chi connectivity index (χ3v) is 4.58. The number of aliphatic hydroxyl groups is 1. The van der Waals surface area contributed by atoms with Crippen molar-refractivity contribution in [2.24, 2.45) is 0 Å². The number of halogens is 5. The van der Waals surface area contributed by atoms with Gasteiger partial charge in [0.05, 0.1) is 36.6 Å². The first-order chi connectivity index (χ1) is 13.7. The van der Waals surface area contributed by atoms with Crippen LogP contribution in [0.15, 0.2) is 24.4 Å². The molecule has 1 saturated heterocycles. The molecule has 0 saturated carbocycles. The second kappa shape index (κ2) is 6.62. The van der Waals surface area contributed by atoms with E-state index in [9.17, 15) is 27.1 Å². The summed E-state index contributed by atoms with van der Waals surface area (Å²) in [6, 6.07) is 4.61. The van der Waals surface area contributed by atoms with Gasteiger partial charge in [0.25, 0.3) is 0 Å². The van der Waals surface area contributed by atoms with Gasteiger partial charge in [-0.15, -0.1) is 0 Å². The van der Waals surface area contributed by atoms with Crippen LogP contribution in [0.2, 0.25) is 0 Å². The van der Waals surface area contributed by atoms with Gasteiger partial charge in [-0.2, -0.15) is 18.4 Å². The molecule has 2 atom stereocenters. The number of aromatic nitrogens is 1. The molecule has 0 bridgehead atoms. The lowest BCUT2D eigenvalue weighted by molar-refractivity contribution is -0.222. The second-order valence-corrected chi connectivity index (χ2v) is 6.36. The highest BCUT2D eigenvalue weighted by atomic mass is 19.4. The van der Waals surface area contributed by atoms with Crippen LogP contribution in [0.3, 0.4) is 0 Å². The zero-order valence-corrected chi connectivity index (χ0v) is 14.3. The fraction of sp³-hybridized carbons (Fsp3) is 0.333. The summed E-state index contributed by atoms with van der Waals surface area (Å²) < 4.78 is 84.8. The Labute approximate surface area is 160 Å². The zero-order chi connectivity index (χ0) is 21.0. The maximum Gasteiger partial charge on any atom is 0.433 e. The van der Waals surface area contributed by atoms with Crippen LogP contribution >= 0.6 is 0 Å². The van der Waals surface area contributed by atoms with Gasteiger partial charge in [0, 0.05) is 11.6 Å². The fourth-order valence-corrected chi connectivity index (χ4v) is 3.49. The first-order valence-corrected chi connectivity index (χ1v) is 8.26. The average Bonchev–Trinajstić information content (AvgIpc) is 3.22. The first-order valence-electron chi connectivity index (χ1n) is 8.26. The number of fused-ring (bicyclic) bond motifs is 2. The van der Waals surface area contributed by atoms with Crippen molar-refractivity contribution in [3.05, 3.63) is 52.6 Å². The van der Waals surface area contributed by atoms with Crippen molar-refractivity contribution in [3.8, 4) is 17.6 Å². The van der Waals surface area contributed by atoms with E-state index in [0.717, 1.165) is 18.2 Å². The number of ether oxygens (including phenoxy) is 3. The number of nitrogens with zero attached hydrogens (tertiary/aromatic N) is 2. The van der Waals surface area contributed by atoms with Gasteiger partial charge in [0.2, 0.25) is 5.79 Å². The molecule has 1 aromatic heterocycles. The van der Waals surface area contributed by atoms with Crippen LogP contribution in [0, 0.1) is 17.1 Å². The Kier molecular flexibility index (Phi) is 4.45. The molecule has 1 fully saturated rings. The lowest BCUT2D eigenvalue weighted by atomic mass is 10.0. The Morgan fingerprint density at radius 3 is 2.55 bits per heavy atom. The smallest absolute Gasteiger partial charge is 0.433 e. The largest absolute Gasteiger partial charge is 0.455 e. The Balaban J connectivity index is 1.90. The molecule has 0 amide bonds. The van der Waals surface area contributed by atoms with Crippen LogP contribution in [0.25, 0.3) is 0 Å². The molecule has 11 heteroatoms. The normalized spacial score (nSPS) is 22.5. The van der Waals surface area contributed by atoms with Crippen molar-refractivity contribution in [3.63, 3.8) is 0 Å². The van der Waals surface area contributed by atoms with Gasteiger partial charge in [0.15, 0.2) is 17.6 Å². The Bertz CT molecular complexity index is 1010. The minimum absolute atomic E-state index is 0.112. The monoisotopic (exact) mass is 414 g/mol. The van der Waals surface area contributed by atoms with Gasteiger partial charge in [-0.25, -0.2) is 13.8 Å². The molecule has 6 nitrogen and oxygen atoms in total. The summed E-state index contributed by atoms with van der Waals surface area (Å²) in [5, 5.41) is 19.3. The van der Waals surface area contributed by atoms with Crippen LogP contribution < -0.4 is 4.74 Å². The summed E-state index contributed by atoms with van der Waals surface area (Å²) in [4.78, 5) is 3.32. The van der Waals surface area contributed by atoms with Gasteiger partial charge in [-0.05, 0) is 12.1 Å². The van der Waals surface area contributed by atoms with Crippen molar-refractivity contribution < 1.29 is 41.3 Å². The molecule has 2 heterocycles. The number of hydrogen-bond acceptors (Lipinski definition) is 6. The molecular weight excluding hydrogens is 403 g/mol. The maximum absolute atomic E-state index is 14.9. The fourth-order valence-electron chi connectivity index (χ4n) is 3.49. The summed E-state index contributed by atoms with van der Waals surface area (Å²) in [5.41, 5.74) is -2.99. The lowest BCUT2D eigenvalue weighted by Gasteiger charge is -2.27. The molecular formula is C18H11F5N2O4. The van der Waals surface area contributed by atoms with E-state index in [1.54, 1.807) is 6.07 Å². The summed E-state index contributed by atoms with van der Waals surface area (Å²) >= 11 is 0. The van der Waals surface area contributed by atoms with E-state index in [1.807, 2.05) is 0 Å². The quantitative estimate of drug-likeness (QED) is 0.758. The van der Waals surface area contributed by atoms with E-state index in [2.05, 4.69) is 4.98 Å². The van der Waals surface area contributed by atoms with E-state index in [-0.39, 0.29) is 24.5 Å². The van der Waals surface area contributed by atoms with Crippen molar-refractivity contribution in [2.75, 3.05) is 13.2 Å². The Morgan fingerprint density at radius 2 is 1.93 bits per heavy atom. The van der Waals surface area contributed by atoms with Gasteiger partial charge < -0.3 is 19.3 Å². The summed E-state index contributed by atoms with van der Waals surface area (Å²) in [6.45, 7) is -0.380. The molecule has 1 aliphatic heterocycles. The minimum atomic E-state index is -5.00. The molecule has 152 valence electrons. The molecule has 2 aromatic rings. The predicted molar refractivity (Wildman–Crippen MR) is 83.9 cm³/mol. The second-order valence-electron chi connectivity index (χ2n) is 6.36. The van der Waals surface area contributed by atoms with E-state index < -0.39 is 52.6 Å². The summed E-state index contributed by atoms with van der Waals surface area (Å²) in [6.07, 6.45) is -8.81. The number of pyridine rings is 1. The molecule has 4 rings (SSSR count). The standard InChI is InChI=1S/C18H11F5N2O4/c19-9-3-8(6-24)4-10(5-9)29-11-7-25-16(18(21,22)23)13-12(11)14(26)15(20)17(13)27-1-2-28-17/h3-5,7,14-15,26H,1-2H2/t14-,15+/m0/s1. The molecule has 1 aliphatic carbocycles. The van der Waals surface area contributed by atoms with Crippen LogP contribution in [0.4, 0.5) is 22.0 Å². The van der Waals surface area contributed by atoms with Crippen LogP contribution in [-0.2, 0) is 21.4 Å². The molecule has 29 heavy (non-hydrogen) atoms. The number of aliphatic hydroxyl groups excluding tert-OH is 1. The Morgan fingerprint density at radius 1 is 1.24 bits per heavy atom. The van der Waals surface area contributed by atoms with Gasteiger partial charge in [-0.1, -0.05) is 0 Å². The van der Waals surface area contributed by atoms with Gasteiger partial charge >= 0.3 is 6.18 Å². The highest BCUT2D eigenvalue weighted by Gasteiger charge is 2.62. The minimum Gasteiger partial charge on any atom is -0.455 e. The zero-order valence-electron chi connectivity index (χ0n) is 14.3. The average molecular weight is 414 g/mol. The molecule has 2 aliphatic rings. The van der Waals surface area contributed by atoms with E-state index in [4.69, 9.17) is 19.5 Å². The molecule has 0 unspecified atom stereocenters. The van der Waals surface area contributed by atoms with E-state index in [1.165, 1.54) is 0 Å². The number of nitriles is 1. The predicted octanol–water partition coefficient (Wildman–Crippen LogP) is 3.49. The molecule has 1 spiro atoms. The van der Waals surface area contributed by atoms with Gasteiger partial charge in [0.1, 0.15) is 17.7 Å². The molecule has 0 radical (unpaired) electrons. The van der Waals surface area contributed by atoms with Crippen molar-refractivity contribution >= 4 is 0 Å². The highest BCUT2D eigenvalue weighted by Crippen LogP contribution is 2.56. The number of hydrogen-bond donors (Lipinski definition) is 1. The number of alkyl halides is 4. The summed E-state index contributed by atoms with van der Waals surface area (Å²) in [7, 11) is 0. The molecule has 1 aromatic carbocycles. The number of rotatable bonds is 2. The highest BCUT2D eigenvalue weighted by molar-refractivity contribution is 5.53. The maximum atomic E-state index is 14.9. The third kappa shape index (κ3) is 3.00. The topological polar surface area (TPSA) is 84.6 Å². The third-order valence-electron chi connectivity index (χ3n) is 4.58. The van der Waals surface area contributed by atoms with E-state index >= 15 is 0 Å². The van der Waals surface area contributed by atoms with Crippen LogP contribution in [-0.4, -0.2) is 29.5 Å². The SMILES string of the molecule is N#Cc1cc(F)cc(Oc2cnc(C(F)(F)F)c3c2[C@H](O)[C@@H](F)C32OCCO2)c1. The number of benzene rings is 1. The van der Waals surface area contributed by atoms with Crippen LogP contribution in [0.1, 0.15) is 28.5 Å². The van der Waals surface area contributed by atoms with Crippen molar-refractivity contribution in [1.29, 1.82) is 5.26 Å². The Hall–Kier alpha value is -2.81. The lowest BCUT2D eigenvalue weighted by Crippen LogP contribution is -2.37.